The van der Waals surface area contributed by atoms with Crippen molar-refractivity contribution in [1.82, 2.24) is 19.9 Å². The molecule has 0 spiro atoms. The highest BCUT2D eigenvalue weighted by Gasteiger charge is 2.18. The van der Waals surface area contributed by atoms with Gasteiger partial charge in [0, 0.05) is 25.5 Å². The number of rotatable bonds is 5. The van der Waals surface area contributed by atoms with Crippen LogP contribution in [0.15, 0.2) is 24.5 Å². The van der Waals surface area contributed by atoms with Crippen LogP contribution < -0.4 is 5.32 Å². The summed E-state index contributed by atoms with van der Waals surface area (Å²) in [6.45, 7) is 6.36. The van der Waals surface area contributed by atoms with E-state index in [1.165, 1.54) is 0 Å². The molecule has 102 valence electrons. The van der Waals surface area contributed by atoms with Crippen LogP contribution in [0, 0.1) is 5.41 Å². The second-order valence-corrected chi connectivity index (χ2v) is 5.85. The van der Waals surface area contributed by atoms with Crippen molar-refractivity contribution in [2.75, 3.05) is 32.5 Å². The Morgan fingerprint density at radius 1 is 1.16 bits per heavy atom. The number of hydrogen-bond acceptors (Lipinski definition) is 5. The summed E-state index contributed by atoms with van der Waals surface area (Å²) in [6.07, 6.45) is 3.34. The highest BCUT2D eigenvalue weighted by Crippen LogP contribution is 2.17. The first kappa shape index (κ1) is 13.7. The normalized spacial score (nSPS) is 12.1. The van der Waals surface area contributed by atoms with E-state index in [0.717, 1.165) is 24.4 Å². The highest BCUT2D eigenvalue weighted by atomic mass is 15.1. The molecule has 0 bridgehead atoms. The van der Waals surface area contributed by atoms with Gasteiger partial charge in [0.15, 0.2) is 5.65 Å². The second kappa shape index (κ2) is 5.48. The Morgan fingerprint density at radius 3 is 2.63 bits per heavy atom. The average molecular weight is 259 g/mol. The maximum Gasteiger partial charge on any atom is 0.180 e. The zero-order valence-electron chi connectivity index (χ0n) is 12.0. The Kier molecular flexibility index (Phi) is 3.95. The lowest BCUT2D eigenvalue weighted by molar-refractivity contribution is 0.254. The molecule has 5 heteroatoms. The smallest absolute Gasteiger partial charge is 0.180 e. The third-order valence-corrected chi connectivity index (χ3v) is 2.82. The standard InChI is InChI=1S/C14H21N5/c1-14(2,10-19(3)4)9-17-12-6-5-11-13(18-12)16-8-7-15-11/h5-8H,9-10H2,1-4H3,(H,16,17,18). The highest BCUT2D eigenvalue weighted by molar-refractivity contribution is 5.71. The van der Waals surface area contributed by atoms with Gasteiger partial charge >= 0.3 is 0 Å². The molecular formula is C14H21N5. The van der Waals surface area contributed by atoms with Gasteiger partial charge in [-0.05, 0) is 31.6 Å². The summed E-state index contributed by atoms with van der Waals surface area (Å²) >= 11 is 0. The van der Waals surface area contributed by atoms with E-state index in [-0.39, 0.29) is 5.41 Å². The van der Waals surface area contributed by atoms with Gasteiger partial charge in [-0.3, -0.25) is 4.98 Å². The third-order valence-electron chi connectivity index (χ3n) is 2.82. The zero-order chi connectivity index (χ0) is 13.9. The third kappa shape index (κ3) is 3.86. The molecule has 0 aliphatic carbocycles. The Labute approximate surface area is 114 Å². The lowest BCUT2D eigenvalue weighted by Crippen LogP contribution is -2.34. The predicted octanol–water partition coefficient (Wildman–Crippen LogP) is 2.02. The van der Waals surface area contributed by atoms with Gasteiger partial charge in [-0.25, -0.2) is 9.97 Å². The summed E-state index contributed by atoms with van der Waals surface area (Å²) in [6, 6.07) is 3.89. The first-order valence-electron chi connectivity index (χ1n) is 6.43. The number of hydrogen-bond donors (Lipinski definition) is 1. The fraction of sp³-hybridized carbons (Fsp3) is 0.500. The van der Waals surface area contributed by atoms with Crippen LogP contribution in [0.3, 0.4) is 0 Å². The topological polar surface area (TPSA) is 53.9 Å². The van der Waals surface area contributed by atoms with Crippen LogP contribution in [-0.4, -0.2) is 47.0 Å². The molecule has 0 fully saturated rings. The number of nitrogens with zero attached hydrogens (tertiary/aromatic N) is 4. The summed E-state index contributed by atoms with van der Waals surface area (Å²) in [5, 5.41) is 3.38. The minimum Gasteiger partial charge on any atom is -0.369 e. The summed E-state index contributed by atoms with van der Waals surface area (Å²) in [4.78, 5) is 15.1. The minimum atomic E-state index is 0.183. The SMILES string of the molecule is CN(C)CC(C)(C)CNc1ccc2nccnc2n1. The van der Waals surface area contributed by atoms with E-state index in [2.05, 4.69) is 53.1 Å². The Balaban J connectivity index is 2.05. The molecule has 0 atom stereocenters. The van der Waals surface area contributed by atoms with Crippen molar-refractivity contribution in [3.63, 3.8) is 0 Å². The zero-order valence-corrected chi connectivity index (χ0v) is 12.0. The van der Waals surface area contributed by atoms with Crippen molar-refractivity contribution in [3.8, 4) is 0 Å². The van der Waals surface area contributed by atoms with Gasteiger partial charge in [0.25, 0.3) is 0 Å². The molecule has 2 aromatic rings. The van der Waals surface area contributed by atoms with Gasteiger partial charge in [-0.15, -0.1) is 0 Å². The fourth-order valence-electron chi connectivity index (χ4n) is 2.19. The van der Waals surface area contributed by atoms with Crippen molar-refractivity contribution in [3.05, 3.63) is 24.5 Å². The Bertz CT molecular complexity index is 550. The first-order chi connectivity index (χ1) is 8.96. The Morgan fingerprint density at radius 2 is 1.89 bits per heavy atom. The second-order valence-electron chi connectivity index (χ2n) is 5.85. The maximum absolute atomic E-state index is 4.46. The molecule has 0 aromatic carbocycles. The van der Waals surface area contributed by atoms with E-state index in [0.29, 0.717) is 5.65 Å². The van der Waals surface area contributed by atoms with Crippen LogP contribution in [0.25, 0.3) is 11.2 Å². The summed E-state index contributed by atoms with van der Waals surface area (Å²) in [7, 11) is 4.18. The Hall–Kier alpha value is -1.75. The van der Waals surface area contributed by atoms with E-state index in [1.54, 1.807) is 12.4 Å². The van der Waals surface area contributed by atoms with Crippen LogP contribution in [0.1, 0.15) is 13.8 Å². The summed E-state index contributed by atoms with van der Waals surface area (Å²) < 4.78 is 0. The van der Waals surface area contributed by atoms with Crippen molar-refractivity contribution in [2.45, 2.75) is 13.8 Å². The monoisotopic (exact) mass is 259 g/mol. The summed E-state index contributed by atoms with van der Waals surface area (Å²) in [5.41, 5.74) is 1.68. The van der Waals surface area contributed by atoms with Crippen molar-refractivity contribution in [1.29, 1.82) is 0 Å². The van der Waals surface area contributed by atoms with Gasteiger partial charge in [0.1, 0.15) is 11.3 Å². The van der Waals surface area contributed by atoms with Gasteiger partial charge in [-0.2, -0.15) is 0 Å². The number of anilines is 1. The minimum absolute atomic E-state index is 0.183. The average Bonchev–Trinajstić information content (AvgIpc) is 2.35. The van der Waals surface area contributed by atoms with Crippen LogP contribution in [-0.2, 0) is 0 Å². The van der Waals surface area contributed by atoms with Gasteiger partial charge < -0.3 is 10.2 Å². The van der Waals surface area contributed by atoms with E-state index < -0.39 is 0 Å². The van der Waals surface area contributed by atoms with Gasteiger partial charge in [0.2, 0.25) is 0 Å². The van der Waals surface area contributed by atoms with Gasteiger partial charge in [0.05, 0.1) is 0 Å². The van der Waals surface area contributed by atoms with Crippen molar-refractivity contribution >= 4 is 17.0 Å². The summed E-state index contributed by atoms with van der Waals surface area (Å²) in [5.74, 6) is 0.847. The van der Waals surface area contributed by atoms with Crippen LogP contribution in [0.4, 0.5) is 5.82 Å². The van der Waals surface area contributed by atoms with E-state index in [9.17, 15) is 0 Å². The van der Waals surface area contributed by atoms with Crippen molar-refractivity contribution in [2.24, 2.45) is 5.41 Å². The number of aromatic nitrogens is 3. The van der Waals surface area contributed by atoms with Crippen LogP contribution >= 0.6 is 0 Å². The molecule has 2 heterocycles. The van der Waals surface area contributed by atoms with Crippen molar-refractivity contribution < 1.29 is 0 Å². The molecule has 0 aliphatic heterocycles. The molecule has 0 amide bonds. The van der Waals surface area contributed by atoms with Crippen LogP contribution in [0.2, 0.25) is 0 Å². The molecule has 0 unspecified atom stereocenters. The molecule has 2 aromatic heterocycles. The van der Waals surface area contributed by atoms with E-state index in [4.69, 9.17) is 0 Å². The fourth-order valence-corrected chi connectivity index (χ4v) is 2.19. The number of pyridine rings is 1. The quantitative estimate of drug-likeness (QED) is 0.890. The van der Waals surface area contributed by atoms with E-state index in [1.807, 2.05) is 12.1 Å². The number of fused-ring (bicyclic) bond motifs is 1. The molecule has 0 saturated heterocycles. The first-order valence-corrected chi connectivity index (χ1v) is 6.43. The molecule has 19 heavy (non-hydrogen) atoms. The molecule has 1 N–H and O–H groups in total. The lowest BCUT2D eigenvalue weighted by atomic mass is 9.93. The molecule has 0 saturated carbocycles. The predicted molar refractivity (Wildman–Crippen MR) is 78.2 cm³/mol. The molecule has 2 rings (SSSR count). The van der Waals surface area contributed by atoms with Crippen LogP contribution in [0.5, 0.6) is 0 Å². The molecular weight excluding hydrogens is 238 g/mol. The molecule has 0 radical (unpaired) electrons. The number of nitrogens with one attached hydrogen (secondary N) is 1. The molecule has 0 aliphatic rings. The lowest BCUT2D eigenvalue weighted by Gasteiger charge is -2.28. The van der Waals surface area contributed by atoms with E-state index >= 15 is 0 Å². The molecule has 5 nitrogen and oxygen atoms in total. The maximum atomic E-state index is 4.46. The largest absolute Gasteiger partial charge is 0.369 e. The van der Waals surface area contributed by atoms with Gasteiger partial charge in [-0.1, -0.05) is 13.8 Å².